The molecule has 3 nitrogen and oxygen atoms in total. The van der Waals surface area contributed by atoms with Crippen LogP contribution in [0.5, 0.6) is 0 Å². The van der Waals surface area contributed by atoms with E-state index in [1.807, 2.05) is 7.05 Å². The summed E-state index contributed by atoms with van der Waals surface area (Å²) in [6.45, 7) is 5.76. The molecule has 1 aromatic rings. The number of likely N-dealkylation sites (N-methyl/N-ethyl adjacent to an activating group) is 1. The molecule has 2 rings (SSSR count). The Bertz CT molecular complexity index is 309. The molecule has 1 N–H and O–H groups in total. The van der Waals surface area contributed by atoms with Crippen LogP contribution in [0, 0.1) is 13.8 Å². The fourth-order valence-electron chi connectivity index (χ4n) is 1.72. The standard InChI is InChI=1S/C10H16N2OS/c1-7-8(2)14-9(12-7)10(11-3)4-5-13-6-10/h11H,4-6H2,1-3H3. The molecule has 78 valence electrons. The summed E-state index contributed by atoms with van der Waals surface area (Å²) in [6, 6.07) is 0. The predicted molar refractivity (Wildman–Crippen MR) is 57.8 cm³/mol. The number of ether oxygens (including phenoxy) is 1. The summed E-state index contributed by atoms with van der Waals surface area (Å²) in [4.78, 5) is 5.92. The topological polar surface area (TPSA) is 34.2 Å². The van der Waals surface area contributed by atoms with Gasteiger partial charge in [-0.3, -0.25) is 0 Å². The molecular weight excluding hydrogens is 196 g/mol. The first-order valence-corrected chi connectivity index (χ1v) is 5.71. The second-order valence-corrected chi connectivity index (χ2v) is 5.00. The predicted octanol–water partition coefficient (Wildman–Crippen LogP) is 1.59. The van der Waals surface area contributed by atoms with Gasteiger partial charge in [0, 0.05) is 11.5 Å². The third-order valence-electron chi connectivity index (χ3n) is 2.94. The fraction of sp³-hybridized carbons (Fsp3) is 0.700. The van der Waals surface area contributed by atoms with E-state index in [-0.39, 0.29) is 5.54 Å². The van der Waals surface area contributed by atoms with Gasteiger partial charge in [0.2, 0.25) is 0 Å². The SMILES string of the molecule is CNC1(c2nc(C)c(C)s2)CCOC1. The first kappa shape index (κ1) is 10.1. The van der Waals surface area contributed by atoms with Gasteiger partial charge in [0.05, 0.1) is 17.8 Å². The maximum Gasteiger partial charge on any atom is 0.116 e. The van der Waals surface area contributed by atoms with Crippen molar-refractivity contribution in [3.63, 3.8) is 0 Å². The van der Waals surface area contributed by atoms with Crippen LogP contribution in [0.15, 0.2) is 0 Å². The van der Waals surface area contributed by atoms with Crippen LogP contribution in [0.1, 0.15) is 22.0 Å². The molecular formula is C10H16N2OS. The van der Waals surface area contributed by atoms with Crippen molar-refractivity contribution < 1.29 is 4.74 Å². The Kier molecular flexibility index (Phi) is 2.60. The molecule has 0 amide bonds. The van der Waals surface area contributed by atoms with Crippen molar-refractivity contribution in [3.05, 3.63) is 15.6 Å². The average Bonchev–Trinajstić information content (AvgIpc) is 2.75. The third-order valence-corrected chi connectivity index (χ3v) is 4.22. The van der Waals surface area contributed by atoms with Crippen molar-refractivity contribution in [2.45, 2.75) is 25.8 Å². The number of hydrogen-bond donors (Lipinski definition) is 1. The highest BCUT2D eigenvalue weighted by Gasteiger charge is 2.38. The lowest BCUT2D eigenvalue weighted by molar-refractivity contribution is 0.169. The molecule has 0 bridgehead atoms. The van der Waals surface area contributed by atoms with E-state index in [1.54, 1.807) is 11.3 Å². The minimum absolute atomic E-state index is 0.0241. The highest BCUT2D eigenvalue weighted by Crippen LogP contribution is 2.33. The van der Waals surface area contributed by atoms with E-state index in [0.29, 0.717) is 0 Å². The number of nitrogens with zero attached hydrogens (tertiary/aromatic N) is 1. The molecule has 0 saturated carbocycles. The van der Waals surface area contributed by atoms with Crippen LogP contribution in [0.4, 0.5) is 0 Å². The Balaban J connectivity index is 2.36. The molecule has 14 heavy (non-hydrogen) atoms. The van der Waals surface area contributed by atoms with Crippen molar-refractivity contribution in [1.82, 2.24) is 10.3 Å². The zero-order valence-electron chi connectivity index (χ0n) is 8.89. The van der Waals surface area contributed by atoms with Crippen LogP contribution in [0.3, 0.4) is 0 Å². The van der Waals surface area contributed by atoms with Gasteiger partial charge in [-0.15, -0.1) is 11.3 Å². The van der Waals surface area contributed by atoms with Crippen LogP contribution in [0.2, 0.25) is 0 Å². The van der Waals surface area contributed by atoms with Crippen molar-refractivity contribution in [1.29, 1.82) is 0 Å². The van der Waals surface area contributed by atoms with Crippen LogP contribution in [-0.2, 0) is 10.3 Å². The van der Waals surface area contributed by atoms with Gasteiger partial charge in [0.1, 0.15) is 5.01 Å². The lowest BCUT2D eigenvalue weighted by Gasteiger charge is -2.23. The van der Waals surface area contributed by atoms with Gasteiger partial charge in [-0.2, -0.15) is 0 Å². The lowest BCUT2D eigenvalue weighted by atomic mass is 10.0. The van der Waals surface area contributed by atoms with E-state index in [0.717, 1.165) is 25.3 Å². The van der Waals surface area contributed by atoms with Crippen LogP contribution < -0.4 is 5.32 Å². The molecule has 1 aliphatic heterocycles. The summed E-state index contributed by atoms with van der Waals surface area (Å²) in [5.74, 6) is 0. The molecule has 0 spiro atoms. The van der Waals surface area contributed by atoms with E-state index in [2.05, 4.69) is 24.1 Å². The van der Waals surface area contributed by atoms with Gasteiger partial charge in [-0.1, -0.05) is 0 Å². The molecule has 0 aromatic carbocycles. The zero-order chi connectivity index (χ0) is 10.2. The smallest absolute Gasteiger partial charge is 0.116 e. The highest BCUT2D eigenvalue weighted by molar-refractivity contribution is 7.11. The van der Waals surface area contributed by atoms with E-state index in [9.17, 15) is 0 Å². The monoisotopic (exact) mass is 212 g/mol. The van der Waals surface area contributed by atoms with Gasteiger partial charge in [-0.05, 0) is 27.3 Å². The molecule has 0 radical (unpaired) electrons. The number of aryl methyl sites for hydroxylation is 2. The maximum atomic E-state index is 5.46. The van der Waals surface area contributed by atoms with Gasteiger partial charge in [0.15, 0.2) is 0 Å². The molecule has 1 fully saturated rings. The van der Waals surface area contributed by atoms with E-state index in [4.69, 9.17) is 4.74 Å². The average molecular weight is 212 g/mol. The van der Waals surface area contributed by atoms with Crippen molar-refractivity contribution >= 4 is 11.3 Å². The minimum Gasteiger partial charge on any atom is -0.379 e. The summed E-state index contributed by atoms with van der Waals surface area (Å²) < 4.78 is 5.46. The Morgan fingerprint density at radius 1 is 1.50 bits per heavy atom. The quantitative estimate of drug-likeness (QED) is 0.808. The molecule has 1 saturated heterocycles. The van der Waals surface area contributed by atoms with Gasteiger partial charge < -0.3 is 10.1 Å². The molecule has 1 aromatic heterocycles. The first-order chi connectivity index (χ1) is 6.68. The normalized spacial score (nSPS) is 27.1. The summed E-state index contributed by atoms with van der Waals surface area (Å²) in [5, 5.41) is 4.53. The number of nitrogens with one attached hydrogen (secondary N) is 1. The Morgan fingerprint density at radius 3 is 2.71 bits per heavy atom. The van der Waals surface area contributed by atoms with Crippen molar-refractivity contribution in [2.75, 3.05) is 20.3 Å². The summed E-state index contributed by atoms with van der Waals surface area (Å²) in [5.41, 5.74) is 1.12. The van der Waals surface area contributed by atoms with Gasteiger partial charge >= 0.3 is 0 Å². The van der Waals surface area contributed by atoms with Crippen molar-refractivity contribution in [2.24, 2.45) is 0 Å². The largest absolute Gasteiger partial charge is 0.379 e. The fourth-order valence-corrected chi connectivity index (χ4v) is 2.84. The molecule has 2 heterocycles. The third kappa shape index (κ3) is 1.47. The Morgan fingerprint density at radius 2 is 2.29 bits per heavy atom. The zero-order valence-corrected chi connectivity index (χ0v) is 9.70. The van der Waals surface area contributed by atoms with E-state index < -0.39 is 0 Å². The lowest BCUT2D eigenvalue weighted by Crippen LogP contribution is -2.40. The summed E-state index contributed by atoms with van der Waals surface area (Å²) in [6.07, 6.45) is 1.02. The second kappa shape index (κ2) is 3.61. The number of hydrogen-bond acceptors (Lipinski definition) is 4. The van der Waals surface area contributed by atoms with E-state index >= 15 is 0 Å². The first-order valence-electron chi connectivity index (χ1n) is 4.89. The molecule has 0 aliphatic carbocycles. The summed E-state index contributed by atoms with van der Waals surface area (Å²) >= 11 is 1.78. The number of aromatic nitrogens is 1. The molecule has 1 atom stereocenters. The summed E-state index contributed by atoms with van der Waals surface area (Å²) in [7, 11) is 1.99. The van der Waals surface area contributed by atoms with Crippen LogP contribution in [-0.4, -0.2) is 25.2 Å². The molecule has 1 aliphatic rings. The molecule has 1 unspecified atom stereocenters. The van der Waals surface area contributed by atoms with E-state index in [1.165, 1.54) is 9.88 Å². The Labute approximate surface area is 88.5 Å². The van der Waals surface area contributed by atoms with Crippen LogP contribution in [0.25, 0.3) is 0 Å². The minimum atomic E-state index is -0.0241. The number of thiazole rings is 1. The Hall–Kier alpha value is -0.450. The van der Waals surface area contributed by atoms with Gasteiger partial charge in [-0.25, -0.2) is 4.98 Å². The van der Waals surface area contributed by atoms with Gasteiger partial charge in [0.25, 0.3) is 0 Å². The second-order valence-electron chi connectivity index (χ2n) is 3.80. The molecule has 4 heteroatoms. The highest BCUT2D eigenvalue weighted by atomic mass is 32.1. The van der Waals surface area contributed by atoms with Crippen molar-refractivity contribution in [3.8, 4) is 0 Å². The van der Waals surface area contributed by atoms with Crippen LogP contribution >= 0.6 is 11.3 Å². The number of rotatable bonds is 2. The maximum absolute atomic E-state index is 5.46.